The fourth-order valence-electron chi connectivity index (χ4n) is 3.54. The summed E-state index contributed by atoms with van der Waals surface area (Å²) in [5.41, 5.74) is 2.86. The number of nitrogens with one attached hydrogen (secondary N) is 1. The third-order valence-electron chi connectivity index (χ3n) is 4.88. The summed E-state index contributed by atoms with van der Waals surface area (Å²) in [6.45, 7) is 12.8. The van der Waals surface area contributed by atoms with Crippen LogP contribution in [-0.4, -0.2) is 61.3 Å². The number of benzene rings is 1. The molecule has 0 radical (unpaired) electrons. The molecule has 2 atom stereocenters. The van der Waals surface area contributed by atoms with Crippen LogP contribution < -0.4 is 5.32 Å². The van der Waals surface area contributed by atoms with Crippen molar-refractivity contribution >= 4 is 0 Å². The SMILES string of the molecule is CC1CNC[C@H](C)N1Cc1cccc(CN2CCOCC2)c1. The molecule has 4 nitrogen and oxygen atoms in total. The second-order valence-electron chi connectivity index (χ2n) is 6.74. The first-order chi connectivity index (χ1) is 10.7. The van der Waals surface area contributed by atoms with Gasteiger partial charge in [0.05, 0.1) is 13.2 Å². The van der Waals surface area contributed by atoms with Gasteiger partial charge in [0, 0.05) is 51.4 Å². The number of morpholine rings is 1. The van der Waals surface area contributed by atoms with Gasteiger partial charge in [0.2, 0.25) is 0 Å². The minimum atomic E-state index is 0.603. The van der Waals surface area contributed by atoms with Crippen molar-refractivity contribution in [1.29, 1.82) is 0 Å². The molecule has 2 saturated heterocycles. The van der Waals surface area contributed by atoms with Gasteiger partial charge in [0.25, 0.3) is 0 Å². The summed E-state index contributed by atoms with van der Waals surface area (Å²) >= 11 is 0. The normalized spacial score (nSPS) is 27.9. The highest BCUT2D eigenvalue weighted by Gasteiger charge is 2.24. The van der Waals surface area contributed by atoms with Crippen molar-refractivity contribution in [3.63, 3.8) is 0 Å². The molecule has 1 N–H and O–H groups in total. The average molecular weight is 303 g/mol. The van der Waals surface area contributed by atoms with E-state index in [1.165, 1.54) is 11.1 Å². The molecule has 0 amide bonds. The standard InChI is InChI=1S/C18H29N3O/c1-15-11-19-12-16(2)21(15)14-18-5-3-4-17(10-18)13-20-6-8-22-9-7-20/h3-5,10,15-16,19H,6-9,11-14H2,1-2H3/t15-,16?/m0/s1. The topological polar surface area (TPSA) is 27.7 Å². The van der Waals surface area contributed by atoms with Gasteiger partial charge < -0.3 is 10.1 Å². The van der Waals surface area contributed by atoms with Gasteiger partial charge in [-0.3, -0.25) is 9.80 Å². The summed E-state index contributed by atoms with van der Waals surface area (Å²) in [5, 5.41) is 3.51. The monoisotopic (exact) mass is 303 g/mol. The Bertz CT molecular complexity index is 463. The summed E-state index contributed by atoms with van der Waals surface area (Å²) in [4.78, 5) is 5.10. The second-order valence-corrected chi connectivity index (χ2v) is 6.74. The molecular formula is C18H29N3O. The van der Waals surface area contributed by atoms with Gasteiger partial charge in [0.1, 0.15) is 0 Å². The van der Waals surface area contributed by atoms with Crippen LogP contribution >= 0.6 is 0 Å². The van der Waals surface area contributed by atoms with Gasteiger partial charge in [-0.15, -0.1) is 0 Å². The molecule has 122 valence electrons. The van der Waals surface area contributed by atoms with Crippen molar-refractivity contribution in [2.45, 2.75) is 39.0 Å². The zero-order chi connectivity index (χ0) is 15.4. The van der Waals surface area contributed by atoms with Gasteiger partial charge in [-0.2, -0.15) is 0 Å². The second kappa shape index (κ2) is 7.55. The van der Waals surface area contributed by atoms with Gasteiger partial charge in [0.15, 0.2) is 0 Å². The number of ether oxygens (including phenoxy) is 1. The molecule has 2 aliphatic rings. The lowest BCUT2D eigenvalue weighted by atomic mass is 10.1. The number of rotatable bonds is 4. The first-order valence-electron chi connectivity index (χ1n) is 8.57. The van der Waals surface area contributed by atoms with E-state index in [1.807, 2.05) is 0 Å². The highest BCUT2D eigenvalue weighted by Crippen LogP contribution is 2.17. The zero-order valence-corrected chi connectivity index (χ0v) is 13.9. The van der Waals surface area contributed by atoms with E-state index in [0.717, 1.165) is 52.5 Å². The van der Waals surface area contributed by atoms with Crippen molar-refractivity contribution in [2.75, 3.05) is 39.4 Å². The van der Waals surface area contributed by atoms with E-state index in [9.17, 15) is 0 Å². The van der Waals surface area contributed by atoms with Crippen molar-refractivity contribution < 1.29 is 4.74 Å². The lowest BCUT2D eigenvalue weighted by Gasteiger charge is -2.39. The fourth-order valence-corrected chi connectivity index (χ4v) is 3.54. The summed E-state index contributed by atoms with van der Waals surface area (Å²) in [6.07, 6.45) is 0. The lowest BCUT2D eigenvalue weighted by Crippen LogP contribution is -2.54. The Labute approximate surface area is 134 Å². The van der Waals surface area contributed by atoms with Crippen LogP contribution in [0.4, 0.5) is 0 Å². The van der Waals surface area contributed by atoms with Crippen LogP contribution in [0.25, 0.3) is 0 Å². The maximum absolute atomic E-state index is 5.43. The Hall–Kier alpha value is -0.940. The van der Waals surface area contributed by atoms with Crippen LogP contribution in [0.15, 0.2) is 24.3 Å². The van der Waals surface area contributed by atoms with Crippen LogP contribution in [0.3, 0.4) is 0 Å². The summed E-state index contributed by atoms with van der Waals surface area (Å²) < 4.78 is 5.43. The predicted molar refractivity (Wildman–Crippen MR) is 89.9 cm³/mol. The van der Waals surface area contributed by atoms with Crippen LogP contribution in [-0.2, 0) is 17.8 Å². The molecule has 0 aromatic heterocycles. The number of piperazine rings is 1. The molecular weight excluding hydrogens is 274 g/mol. The van der Waals surface area contributed by atoms with Crippen LogP contribution in [0.2, 0.25) is 0 Å². The van der Waals surface area contributed by atoms with Crippen LogP contribution in [0.1, 0.15) is 25.0 Å². The fraction of sp³-hybridized carbons (Fsp3) is 0.667. The van der Waals surface area contributed by atoms with Crippen LogP contribution in [0, 0.1) is 0 Å². The molecule has 0 bridgehead atoms. The van der Waals surface area contributed by atoms with Crippen molar-refractivity contribution in [2.24, 2.45) is 0 Å². The molecule has 1 aromatic rings. The van der Waals surface area contributed by atoms with Crippen molar-refractivity contribution in [1.82, 2.24) is 15.1 Å². The van der Waals surface area contributed by atoms with Gasteiger partial charge >= 0.3 is 0 Å². The van der Waals surface area contributed by atoms with Crippen molar-refractivity contribution in [3.05, 3.63) is 35.4 Å². The molecule has 1 unspecified atom stereocenters. The van der Waals surface area contributed by atoms with Gasteiger partial charge in [-0.1, -0.05) is 24.3 Å². The van der Waals surface area contributed by atoms with E-state index < -0.39 is 0 Å². The van der Waals surface area contributed by atoms with E-state index in [-0.39, 0.29) is 0 Å². The first-order valence-corrected chi connectivity index (χ1v) is 8.57. The quantitative estimate of drug-likeness (QED) is 0.916. The first kappa shape index (κ1) is 15.9. The van der Waals surface area contributed by atoms with E-state index in [4.69, 9.17) is 4.74 Å². The molecule has 22 heavy (non-hydrogen) atoms. The maximum atomic E-state index is 5.43. The maximum Gasteiger partial charge on any atom is 0.0594 e. The molecule has 0 aliphatic carbocycles. The molecule has 0 saturated carbocycles. The van der Waals surface area contributed by atoms with Crippen molar-refractivity contribution in [3.8, 4) is 0 Å². The predicted octanol–water partition coefficient (Wildman–Crippen LogP) is 1.70. The Balaban J connectivity index is 1.62. The molecule has 1 aromatic carbocycles. The molecule has 3 rings (SSSR count). The van der Waals surface area contributed by atoms with Gasteiger partial charge in [-0.05, 0) is 25.0 Å². The Morgan fingerprint density at radius 3 is 2.36 bits per heavy atom. The van der Waals surface area contributed by atoms with E-state index >= 15 is 0 Å². The summed E-state index contributed by atoms with van der Waals surface area (Å²) in [5.74, 6) is 0. The largest absolute Gasteiger partial charge is 0.379 e. The van der Waals surface area contributed by atoms with E-state index in [2.05, 4.69) is 53.2 Å². The zero-order valence-electron chi connectivity index (χ0n) is 13.9. The minimum absolute atomic E-state index is 0.603. The molecule has 2 heterocycles. The summed E-state index contributed by atoms with van der Waals surface area (Å²) in [7, 11) is 0. The molecule has 2 fully saturated rings. The smallest absolute Gasteiger partial charge is 0.0594 e. The Morgan fingerprint density at radius 2 is 1.68 bits per heavy atom. The number of hydrogen-bond acceptors (Lipinski definition) is 4. The Morgan fingerprint density at radius 1 is 1.05 bits per heavy atom. The minimum Gasteiger partial charge on any atom is -0.379 e. The van der Waals surface area contributed by atoms with Gasteiger partial charge in [-0.25, -0.2) is 0 Å². The number of hydrogen-bond donors (Lipinski definition) is 1. The highest BCUT2D eigenvalue weighted by molar-refractivity contribution is 5.23. The van der Waals surface area contributed by atoms with Crippen LogP contribution in [0.5, 0.6) is 0 Å². The lowest BCUT2D eigenvalue weighted by molar-refractivity contribution is 0.0341. The van der Waals surface area contributed by atoms with E-state index in [0.29, 0.717) is 12.1 Å². The average Bonchev–Trinajstić information content (AvgIpc) is 2.53. The molecule has 0 spiro atoms. The third kappa shape index (κ3) is 4.07. The number of nitrogens with zero attached hydrogens (tertiary/aromatic N) is 2. The molecule has 4 heteroatoms. The summed E-state index contributed by atoms with van der Waals surface area (Å²) in [6, 6.07) is 10.3. The molecule has 2 aliphatic heterocycles. The third-order valence-corrected chi connectivity index (χ3v) is 4.88. The Kier molecular flexibility index (Phi) is 5.47. The highest BCUT2D eigenvalue weighted by atomic mass is 16.5. The van der Waals surface area contributed by atoms with E-state index in [1.54, 1.807) is 0 Å².